The van der Waals surface area contributed by atoms with Crippen LogP contribution in [0.5, 0.6) is 0 Å². The van der Waals surface area contributed by atoms with E-state index in [1.807, 2.05) is 0 Å². The van der Waals surface area contributed by atoms with E-state index in [-0.39, 0.29) is 5.54 Å². The van der Waals surface area contributed by atoms with Crippen LogP contribution < -0.4 is 5.32 Å². The van der Waals surface area contributed by atoms with Crippen molar-refractivity contribution in [2.24, 2.45) is 0 Å². The predicted octanol–water partition coefficient (Wildman–Crippen LogP) is 5.16. The van der Waals surface area contributed by atoms with Crippen molar-refractivity contribution in [2.45, 2.75) is 38.3 Å². The van der Waals surface area contributed by atoms with E-state index in [9.17, 15) is 0 Å². The van der Waals surface area contributed by atoms with Crippen LogP contribution in [0.1, 0.15) is 38.3 Å². The fourth-order valence-electron chi connectivity index (χ4n) is 3.27. The Kier molecular flexibility index (Phi) is 3.94. The lowest BCUT2D eigenvalue weighted by Crippen LogP contribution is -2.44. The molecule has 2 aromatic carbocycles. The van der Waals surface area contributed by atoms with Crippen LogP contribution in [0.15, 0.2) is 66.8 Å². The van der Waals surface area contributed by atoms with Gasteiger partial charge >= 0.3 is 0 Å². The maximum Gasteiger partial charge on any atom is 0.0404 e. The number of allylic oxidation sites excluding steroid dienone is 2. The first-order chi connectivity index (χ1) is 10.2. The van der Waals surface area contributed by atoms with Gasteiger partial charge in [0.1, 0.15) is 0 Å². The molecule has 1 aliphatic carbocycles. The molecule has 21 heavy (non-hydrogen) atoms. The van der Waals surface area contributed by atoms with Gasteiger partial charge in [-0.1, -0.05) is 73.7 Å². The lowest BCUT2D eigenvalue weighted by atomic mass is 9.86. The summed E-state index contributed by atoms with van der Waals surface area (Å²) in [6.07, 6.45) is 11.0. The molecule has 0 fully saturated rings. The van der Waals surface area contributed by atoms with Crippen molar-refractivity contribution in [2.75, 3.05) is 0 Å². The molecule has 2 atom stereocenters. The molecule has 1 heteroatoms. The minimum absolute atomic E-state index is 0.0884. The second-order valence-electron chi connectivity index (χ2n) is 5.94. The molecule has 1 aliphatic rings. The van der Waals surface area contributed by atoms with Crippen molar-refractivity contribution in [3.8, 4) is 0 Å². The summed E-state index contributed by atoms with van der Waals surface area (Å²) in [5, 5.41) is 6.51. The minimum Gasteiger partial charge on any atom is -0.301 e. The van der Waals surface area contributed by atoms with Crippen LogP contribution in [0.2, 0.25) is 0 Å². The number of fused-ring (bicyclic) bond motifs is 1. The topological polar surface area (TPSA) is 12.0 Å². The van der Waals surface area contributed by atoms with Gasteiger partial charge in [0, 0.05) is 11.6 Å². The van der Waals surface area contributed by atoms with Crippen LogP contribution in [0, 0.1) is 0 Å². The lowest BCUT2D eigenvalue weighted by Gasteiger charge is -2.35. The summed E-state index contributed by atoms with van der Waals surface area (Å²) < 4.78 is 0. The van der Waals surface area contributed by atoms with Gasteiger partial charge in [0.25, 0.3) is 0 Å². The molecule has 3 rings (SSSR count). The van der Waals surface area contributed by atoms with E-state index in [2.05, 4.69) is 85.9 Å². The van der Waals surface area contributed by atoms with Crippen LogP contribution in [0.25, 0.3) is 10.8 Å². The molecule has 0 bridgehead atoms. The van der Waals surface area contributed by atoms with Gasteiger partial charge in [-0.2, -0.15) is 0 Å². The third kappa shape index (κ3) is 2.79. The van der Waals surface area contributed by atoms with E-state index in [0.717, 1.165) is 12.8 Å². The van der Waals surface area contributed by atoms with Gasteiger partial charge in [-0.05, 0) is 36.1 Å². The second kappa shape index (κ2) is 5.87. The maximum atomic E-state index is 3.85. The first-order valence-corrected chi connectivity index (χ1v) is 7.84. The molecule has 2 aromatic rings. The standard InChI is InChI=1S/C20H23N/c1-3-20(14-7-4-8-15-20)21-16(2)18-13-9-11-17-10-5-6-12-19(17)18/h4-14,16,21H,3,15H2,1-2H3/t16-,20+/m1/s1. The molecule has 0 amide bonds. The smallest absolute Gasteiger partial charge is 0.0404 e. The fraction of sp³-hybridized carbons (Fsp3) is 0.300. The first kappa shape index (κ1) is 14.1. The van der Waals surface area contributed by atoms with E-state index < -0.39 is 0 Å². The molecule has 0 saturated carbocycles. The van der Waals surface area contributed by atoms with Gasteiger partial charge in [0.05, 0.1) is 0 Å². The zero-order valence-electron chi connectivity index (χ0n) is 12.8. The van der Waals surface area contributed by atoms with Crippen molar-refractivity contribution in [1.82, 2.24) is 5.32 Å². The van der Waals surface area contributed by atoms with Gasteiger partial charge in [0.15, 0.2) is 0 Å². The summed E-state index contributed by atoms with van der Waals surface area (Å²) >= 11 is 0. The fourth-order valence-corrected chi connectivity index (χ4v) is 3.27. The number of hydrogen-bond acceptors (Lipinski definition) is 1. The van der Waals surface area contributed by atoms with E-state index in [0.29, 0.717) is 6.04 Å². The van der Waals surface area contributed by atoms with Crippen LogP contribution in [-0.4, -0.2) is 5.54 Å². The highest BCUT2D eigenvalue weighted by Gasteiger charge is 2.27. The average Bonchev–Trinajstić information content (AvgIpc) is 2.55. The van der Waals surface area contributed by atoms with Gasteiger partial charge < -0.3 is 5.32 Å². The van der Waals surface area contributed by atoms with Gasteiger partial charge in [-0.25, -0.2) is 0 Å². The summed E-state index contributed by atoms with van der Waals surface area (Å²) in [5.41, 5.74) is 1.47. The van der Waals surface area contributed by atoms with E-state index >= 15 is 0 Å². The molecule has 0 radical (unpaired) electrons. The first-order valence-electron chi connectivity index (χ1n) is 7.84. The summed E-state index contributed by atoms with van der Waals surface area (Å²) in [5.74, 6) is 0. The largest absolute Gasteiger partial charge is 0.301 e. The monoisotopic (exact) mass is 277 g/mol. The normalized spacial score (nSPS) is 22.6. The zero-order valence-corrected chi connectivity index (χ0v) is 12.8. The van der Waals surface area contributed by atoms with Crippen LogP contribution in [-0.2, 0) is 0 Å². The number of hydrogen-bond donors (Lipinski definition) is 1. The molecule has 0 aliphatic heterocycles. The Labute approximate surface area is 127 Å². The summed E-state index contributed by atoms with van der Waals surface area (Å²) in [7, 11) is 0. The van der Waals surface area contributed by atoms with Crippen LogP contribution >= 0.6 is 0 Å². The summed E-state index contributed by atoms with van der Waals surface area (Å²) in [6, 6.07) is 15.5. The quantitative estimate of drug-likeness (QED) is 0.814. The Balaban J connectivity index is 1.92. The van der Waals surface area contributed by atoms with Crippen LogP contribution in [0.4, 0.5) is 0 Å². The third-order valence-corrected chi connectivity index (χ3v) is 4.57. The highest BCUT2D eigenvalue weighted by molar-refractivity contribution is 5.86. The molecule has 0 unspecified atom stereocenters. The molecule has 1 nitrogen and oxygen atoms in total. The minimum atomic E-state index is 0.0884. The molecule has 0 saturated heterocycles. The Hall–Kier alpha value is -1.86. The third-order valence-electron chi connectivity index (χ3n) is 4.57. The number of nitrogens with one attached hydrogen (secondary N) is 1. The summed E-state index contributed by atoms with van der Waals surface area (Å²) in [6.45, 7) is 4.53. The van der Waals surface area contributed by atoms with Gasteiger partial charge in [0.2, 0.25) is 0 Å². The van der Waals surface area contributed by atoms with E-state index in [4.69, 9.17) is 0 Å². The average molecular weight is 277 g/mol. The van der Waals surface area contributed by atoms with Crippen molar-refractivity contribution in [3.05, 3.63) is 72.3 Å². The van der Waals surface area contributed by atoms with Crippen molar-refractivity contribution in [1.29, 1.82) is 0 Å². The lowest BCUT2D eigenvalue weighted by molar-refractivity contribution is 0.350. The number of rotatable bonds is 4. The molecular formula is C20H23N. The molecule has 108 valence electrons. The van der Waals surface area contributed by atoms with Crippen molar-refractivity contribution >= 4 is 10.8 Å². The van der Waals surface area contributed by atoms with Gasteiger partial charge in [-0.3, -0.25) is 0 Å². The van der Waals surface area contributed by atoms with Crippen molar-refractivity contribution in [3.63, 3.8) is 0 Å². The second-order valence-corrected chi connectivity index (χ2v) is 5.94. The summed E-state index contributed by atoms with van der Waals surface area (Å²) in [4.78, 5) is 0. The maximum absolute atomic E-state index is 3.85. The Bertz CT molecular complexity index is 678. The molecule has 0 aromatic heterocycles. The molecule has 0 heterocycles. The molecular weight excluding hydrogens is 254 g/mol. The SMILES string of the molecule is CC[C@]1(N[C@H](C)c2cccc3ccccc23)C=CC=CC1. The Morgan fingerprint density at radius 2 is 1.90 bits per heavy atom. The molecule has 0 spiro atoms. The number of benzene rings is 2. The van der Waals surface area contributed by atoms with E-state index in [1.165, 1.54) is 16.3 Å². The highest BCUT2D eigenvalue weighted by atomic mass is 15.0. The zero-order chi connectivity index (χ0) is 14.7. The van der Waals surface area contributed by atoms with Crippen molar-refractivity contribution < 1.29 is 0 Å². The van der Waals surface area contributed by atoms with Gasteiger partial charge in [-0.15, -0.1) is 0 Å². The Morgan fingerprint density at radius 1 is 1.10 bits per heavy atom. The molecule has 1 N–H and O–H groups in total. The van der Waals surface area contributed by atoms with E-state index in [1.54, 1.807) is 0 Å². The predicted molar refractivity (Wildman–Crippen MR) is 91.4 cm³/mol. The Morgan fingerprint density at radius 3 is 2.67 bits per heavy atom. The highest BCUT2D eigenvalue weighted by Crippen LogP contribution is 2.29. The van der Waals surface area contributed by atoms with Crippen LogP contribution in [0.3, 0.4) is 0 Å².